The average Bonchev–Trinajstić information content (AvgIpc) is 2.46. The zero-order chi connectivity index (χ0) is 14.7. The van der Waals surface area contributed by atoms with E-state index in [9.17, 15) is 14.9 Å². The first-order valence-electron chi connectivity index (χ1n) is 6.79. The summed E-state index contributed by atoms with van der Waals surface area (Å²) in [5.41, 5.74) is 0.150. The number of rotatable bonds is 4. The summed E-state index contributed by atoms with van der Waals surface area (Å²) in [6.45, 7) is 3.92. The van der Waals surface area contributed by atoms with Crippen LogP contribution in [0.4, 0.5) is 11.4 Å². The van der Waals surface area contributed by atoms with E-state index in [1.165, 1.54) is 12.1 Å². The number of piperidine rings is 1. The Morgan fingerprint density at radius 1 is 1.45 bits per heavy atom. The molecule has 20 heavy (non-hydrogen) atoms. The minimum atomic E-state index is -1.26. The summed E-state index contributed by atoms with van der Waals surface area (Å²) in [7, 11) is 0. The molecule has 1 aromatic rings. The maximum atomic E-state index is 11.1. The molecular weight excluding hydrogens is 260 g/mol. The average molecular weight is 278 g/mol. The molecule has 1 aliphatic heterocycles. The van der Waals surface area contributed by atoms with Crippen LogP contribution in [0.2, 0.25) is 0 Å². The second-order valence-electron chi connectivity index (χ2n) is 5.10. The molecule has 1 aromatic carbocycles. The smallest absolute Gasteiger partial charge is 0.342 e. The van der Waals surface area contributed by atoms with Gasteiger partial charge in [0.1, 0.15) is 5.56 Å². The Balaban J connectivity index is 2.24. The van der Waals surface area contributed by atoms with Gasteiger partial charge < -0.3 is 10.0 Å². The Kier molecular flexibility index (Phi) is 4.22. The molecule has 0 atom stereocenters. The highest BCUT2D eigenvalue weighted by Crippen LogP contribution is 2.29. The van der Waals surface area contributed by atoms with Gasteiger partial charge in [-0.25, -0.2) is 4.79 Å². The molecule has 1 fully saturated rings. The number of benzene rings is 1. The van der Waals surface area contributed by atoms with Crippen molar-refractivity contribution in [2.45, 2.75) is 26.2 Å². The lowest BCUT2D eigenvalue weighted by atomic mass is 9.94. The summed E-state index contributed by atoms with van der Waals surface area (Å²) >= 11 is 0. The van der Waals surface area contributed by atoms with Gasteiger partial charge in [0.05, 0.1) is 4.92 Å². The van der Waals surface area contributed by atoms with E-state index in [0.717, 1.165) is 44.0 Å². The van der Waals surface area contributed by atoms with Crippen LogP contribution in [0.5, 0.6) is 0 Å². The van der Waals surface area contributed by atoms with Crippen LogP contribution in [-0.4, -0.2) is 29.1 Å². The Labute approximate surface area is 117 Å². The van der Waals surface area contributed by atoms with Gasteiger partial charge in [0, 0.05) is 24.8 Å². The van der Waals surface area contributed by atoms with Crippen LogP contribution in [0.1, 0.15) is 36.5 Å². The van der Waals surface area contributed by atoms with Gasteiger partial charge in [0.2, 0.25) is 0 Å². The van der Waals surface area contributed by atoms with Crippen molar-refractivity contribution in [2.24, 2.45) is 5.92 Å². The highest BCUT2D eigenvalue weighted by atomic mass is 16.6. The molecule has 2 rings (SSSR count). The molecule has 0 spiro atoms. The number of carbonyl (C=O) groups is 1. The first-order valence-corrected chi connectivity index (χ1v) is 6.79. The standard InChI is InChI=1S/C14H18N2O4/c1-2-10-5-7-15(8-6-10)11-3-4-13(16(19)20)12(9-11)14(17)18/h3-4,9-10H,2,5-8H2,1H3,(H,17,18). The van der Waals surface area contributed by atoms with E-state index in [0.29, 0.717) is 0 Å². The Hall–Kier alpha value is -2.11. The molecule has 108 valence electrons. The van der Waals surface area contributed by atoms with Crippen LogP contribution in [0.15, 0.2) is 18.2 Å². The third-order valence-electron chi connectivity index (χ3n) is 3.96. The van der Waals surface area contributed by atoms with Gasteiger partial charge in [0.25, 0.3) is 5.69 Å². The normalized spacial score (nSPS) is 16.1. The van der Waals surface area contributed by atoms with Crippen molar-refractivity contribution in [1.29, 1.82) is 0 Å². The number of anilines is 1. The SMILES string of the molecule is CCC1CCN(c2ccc([N+](=O)[O-])c(C(=O)O)c2)CC1. The van der Waals surface area contributed by atoms with Crippen LogP contribution in [0.25, 0.3) is 0 Å². The summed E-state index contributed by atoms with van der Waals surface area (Å²) in [6.07, 6.45) is 3.32. The molecule has 0 aliphatic carbocycles. The molecular formula is C14H18N2O4. The zero-order valence-electron chi connectivity index (χ0n) is 11.4. The number of nitro benzene ring substituents is 1. The molecule has 0 unspecified atom stereocenters. The van der Waals surface area contributed by atoms with Crippen molar-refractivity contribution >= 4 is 17.3 Å². The minimum Gasteiger partial charge on any atom is -0.477 e. The Morgan fingerprint density at radius 3 is 2.60 bits per heavy atom. The number of nitro groups is 1. The number of carboxylic acids is 1. The predicted molar refractivity (Wildman–Crippen MR) is 75.3 cm³/mol. The number of aromatic carboxylic acids is 1. The number of hydrogen-bond acceptors (Lipinski definition) is 4. The highest BCUT2D eigenvalue weighted by Gasteiger charge is 2.23. The van der Waals surface area contributed by atoms with Crippen molar-refractivity contribution in [3.8, 4) is 0 Å². The predicted octanol–water partition coefficient (Wildman–Crippen LogP) is 2.92. The molecule has 1 N–H and O–H groups in total. The topological polar surface area (TPSA) is 83.7 Å². The van der Waals surface area contributed by atoms with Gasteiger partial charge in [-0.05, 0) is 30.9 Å². The molecule has 1 aliphatic rings. The van der Waals surface area contributed by atoms with Crippen molar-refractivity contribution in [2.75, 3.05) is 18.0 Å². The van der Waals surface area contributed by atoms with E-state index in [2.05, 4.69) is 11.8 Å². The largest absolute Gasteiger partial charge is 0.477 e. The highest BCUT2D eigenvalue weighted by molar-refractivity contribution is 5.93. The van der Waals surface area contributed by atoms with Crippen molar-refractivity contribution in [3.63, 3.8) is 0 Å². The summed E-state index contributed by atoms with van der Waals surface area (Å²) < 4.78 is 0. The maximum Gasteiger partial charge on any atom is 0.342 e. The van der Waals surface area contributed by atoms with Crippen LogP contribution in [0.3, 0.4) is 0 Å². The second kappa shape index (κ2) is 5.90. The van der Waals surface area contributed by atoms with E-state index in [1.54, 1.807) is 6.07 Å². The number of hydrogen-bond donors (Lipinski definition) is 1. The van der Waals surface area contributed by atoms with Gasteiger partial charge in [-0.1, -0.05) is 13.3 Å². The van der Waals surface area contributed by atoms with Crippen molar-refractivity contribution in [3.05, 3.63) is 33.9 Å². The lowest BCUT2D eigenvalue weighted by molar-refractivity contribution is -0.385. The number of carboxylic acid groups (broad SMARTS) is 1. The van der Waals surface area contributed by atoms with Crippen LogP contribution in [0, 0.1) is 16.0 Å². The molecule has 0 saturated carbocycles. The summed E-state index contributed by atoms with van der Waals surface area (Å²) in [4.78, 5) is 23.4. The van der Waals surface area contributed by atoms with E-state index < -0.39 is 10.9 Å². The van der Waals surface area contributed by atoms with Crippen LogP contribution < -0.4 is 4.90 Å². The first kappa shape index (κ1) is 14.3. The molecule has 6 nitrogen and oxygen atoms in total. The van der Waals surface area contributed by atoms with E-state index in [1.807, 2.05) is 0 Å². The molecule has 0 amide bonds. The fraction of sp³-hybridized carbons (Fsp3) is 0.500. The molecule has 1 saturated heterocycles. The third kappa shape index (κ3) is 2.89. The van der Waals surface area contributed by atoms with Crippen molar-refractivity contribution < 1.29 is 14.8 Å². The van der Waals surface area contributed by atoms with E-state index >= 15 is 0 Å². The summed E-state index contributed by atoms with van der Waals surface area (Å²) in [5, 5.41) is 19.9. The van der Waals surface area contributed by atoms with Gasteiger partial charge >= 0.3 is 5.97 Å². The molecule has 0 aromatic heterocycles. The van der Waals surface area contributed by atoms with E-state index in [-0.39, 0.29) is 11.3 Å². The monoisotopic (exact) mass is 278 g/mol. The maximum absolute atomic E-state index is 11.1. The van der Waals surface area contributed by atoms with Crippen molar-refractivity contribution in [1.82, 2.24) is 0 Å². The lowest BCUT2D eigenvalue weighted by Gasteiger charge is -2.33. The molecule has 0 radical (unpaired) electrons. The van der Waals surface area contributed by atoms with Gasteiger partial charge in [-0.15, -0.1) is 0 Å². The summed E-state index contributed by atoms with van der Waals surface area (Å²) in [6, 6.07) is 4.33. The third-order valence-corrected chi connectivity index (χ3v) is 3.96. The Morgan fingerprint density at radius 2 is 2.10 bits per heavy atom. The number of nitrogens with zero attached hydrogens (tertiary/aromatic N) is 2. The molecule has 6 heteroatoms. The van der Waals surface area contributed by atoms with Crippen LogP contribution >= 0.6 is 0 Å². The van der Waals surface area contributed by atoms with E-state index in [4.69, 9.17) is 5.11 Å². The quantitative estimate of drug-likeness (QED) is 0.676. The first-order chi connectivity index (χ1) is 9.52. The zero-order valence-corrected chi connectivity index (χ0v) is 11.4. The Bertz CT molecular complexity index is 522. The lowest BCUT2D eigenvalue weighted by Crippen LogP contribution is -2.33. The fourth-order valence-corrected chi connectivity index (χ4v) is 2.65. The fourth-order valence-electron chi connectivity index (χ4n) is 2.65. The van der Waals surface area contributed by atoms with Gasteiger partial charge in [-0.2, -0.15) is 0 Å². The molecule has 1 heterocycles. The van der Waals surface area contributed by atoms with Gasteiger partial charge in [0.15, 0.2) is 0 Å². The van der Waals surface area contributed by atoms with Gasteiger partial charge in [-0.3, -0.25) is 10.1 Å². The summed E-state index contributed by atoms with van der Waals surface area (Å²) in [5.74, 6) is -0.537. The van der Waals surface area contributed by atoms with Crippen LogP contribution in [-0.2, 0) is 0 Å². The molecule has 0 bridgehead atoms. The second-order valence-corrected chi connectivity index (χ2v) is 5.10. The minimum absolute atomic E-state index is 0.245.